The van der Waals surface area contributed by atoms with Crippen LogP contribution in [0.4, 0.5) is 4.39 Å². The summed E-state index contributed by atoms with van der Waals surface area (Å²) in [5.41, 5.74) is 0.986. The van der Waals surface area contributed by atoms with Crippen LogP contribution in [0.5, 0.6) is 0 Å². The molecule has 1 N–H and O–H groups in total. The molecule has 1 saturated heterocycles. The van der Waals surface area contributed by atoms with Crippen molar-refractivity contribution in [3.05, 3.63) is 29.8 Å². The Kier molecular flexibility index (Phi) is 5.92. The van der Waals surface area contributed by atoms with E-state index in [9.17, 15) is 4.39 Å². The highest BCUT2D eigenvalue weighted by Gasteiger charge is 2.24. The van der Waals surface area contributed by atoms with Gasteiger partial charge in [-0.2, -0.15) is 0 Å². The van der Waals surface area contributed by atoms with E-state index in [1.54, 1.807) is 0 Å². The second-order valence-corrected chi connectivity index (χ2v) is 5.61. The highest BCUT2D eigenvalue weighted by Crippen LogP contribution is 2.24. The highest BCUT2D eigenvalue weighted by atomic mass is 19.1. The molecule has 2 atom stereocenters. The van der Waals surface area contributed by atoms with Crippen molar-refractivity contribution in [1.29, 1.82) is 0 Å². The van der Waals surface area contributed by atoms with E-state index in [1.165, 1.54) is 25.1 Å². The molecule has 0 bridgehead atoms. The first kappa shape index (κ1) is 15.4. The van der Waals surface area contributed by atoms with Crippen molar-refractivity contribution in [3.63, 3.8) is 0 Å². The van der Waals surface area contributed by atoms with Crippen LogP contribution in [0, 0.1) is 5.82 Å². The zero-order valence-corrected chi connectivity index (χ0v) is 12.6. The maximum atomic E-state index is 13.0. The second kappa shape index (κ2) is 7.70. The molecule has 0 radical (unpaired) electrons. The number of rotatable bonds is 7. The van der Waals surface area contributed by atoms with E-state index in [0.717, 1.165) is 38.2 Å². The van der Waals surface area contributed by atoms with Gasteiger partial charge in [0.25, 0.3) is 0 Å². The van der Waals surface area contributed by atoms with E-state index < -0.39 is 0 Å². The fourth-order valence-electron chi connectivity index (χ4n) is 3.10. The van der Waals surface area contributed by atoms with Gasteiger partial charge in [0.2, 0.25) is 0 Å². The van der Waals surface area contributed by atoms with Gasteiger partial charge in [-0.15, -0.1) is 0 Å². The van der Waals surface area contributed by atoms with Crippen LogP contribution < -0.4 is 5.32 Å². The Bertz CT molecular complexity index is 387. The predicted octanol–water partition coefficient (Wildman–Crippen LogP) is 3.14. The molecule has 0 aromatic carbocycles. The molecule has 112 valence electrons. The molecule has 20 heavy (non-hydrogen) atoms. The van der Waals surface area contributed by atoms with Crippen molar-refractivity contribution in [2.45, 2.75) is 51.6 Å². The van der Waals surface area contributed by atoms with Gasteiger partial charge >= 0.3 is 0 Å². The minimum Gasteiger partial charge on any atom is -0.313 e. The Morgan fingerprint density at radius 3 is 2.85 bits per heavy atom. The molecule has 2 unspecified atom stereocenters. The maximum absolute atomic E-state index is 13.0. The average molecular weight is 279 g/mol. The van der Waals surface area contributed by atoms with E-state index in [0.29, 0.717) is 6.04 Å². The van der Waals surface area contributed by atoms with E-state index in [1.807, 2.05) is 6.07 Å². The molecular formula is C16H26FN3. The molecule has 1 aromatic heterocycles. The first-order chi connectivity index (χ1) is 9.74. The summed E-state index contributed by atoms with van der Waals surface area (Å²) in [6.45, 7) is 7.65. The van der Waals surface area contributed by atoms with E-state index in [-0.39, 0.29) is 11.9 Å². The van der Waals surface area contributed by atoms with Crippen LogP contribution in [0.3, 0.4) is 0 Å². The van der Waals surface area contributed by atoms with Crippen molar-refractivity contribution in [2.75, 3.05) is 19.6 Å². The first-order valence-corrected chi connectivity index (χ1v) is 7.83. The molecule has 1 aliphatic rings. The molecule has 2 rings (SSSR count). The van der Waals surface area contributed by atoms with Gasteiger partial charge in [-0.25, -0.2) is 4.39 Å². The van der Waals surface area contributed by atoms with Crippen molar-refractivity contribution in [1.82, 2.24) is 15.2 Å². The largest absolute Gasteiger partial charge is 0.313 e. The third kappa shape index (κ3) is 4.00. The lowest BCUT2D eigenvalue weighted by Crippen LogP contribution is -2.40. The van der Waals surface area contributed by atoms with Gasteiger partial charge in [0.1, 0.15) is 5.82 Å². The minimum absolute atomic E-state index is 0.261. The molecule has 1 aliphatic heterocycles. The van der Waals surface area contributed by atoms with Crippen molar-refractivity contribution < 1.29 is 4.39 Å². The molecular weight excluding hydrogens is 253 g/mol. The summed E-state index contributed by atoms with van der Waals surface area (Å²) in [5.74, 6) is -0.261. The predicted molar refractivity (Wildman–Crippen MR) is 80.1 cm³/mol. The number of pyridine rings is 1. The molecule has 3 nitrogen and oxygen atoms in total. The van der Waals surface area contributed by atoms with Gasteiger partial charge in [0.15, 0.2) is 0 Å². The number of hydrogen-bond acceptors (Lipinski definition) is 3. The van der Waals surface area contributed by atoms with Gasteiger partial charge in [0, 0.05) is 12.6 Å². The standard InChI is InChI=1S/C16H26FN3/c1-3-10-20(12-14-6-5-9-18-14)16(4-2)15-8-7-13(17)11-19-15/h7-8,11,14,16,18H,3-6,9-10,12H2,1-2H3. The van der Waals surface area contributed by atoms with Crippen LogP contribution in [0.25, 0.3) is 0 Å². The Hall–Kier alpha value is -1.00. The lowest BCUT2D eigenvalue weighted by atomic mass is 10.1. The third-order valence-corrected chi connectivity index (χ3v) is 4.05. The van der Waals surface area contributed by atoms with Gasteiger partial charge in [-0.3, -0.25) is 9.88 Å². The molecule has 0 spiro atoms. The summed E-state index contributed by atoms with van der Waals surface area (Å²) in [5, 5.41) is 3.56. The summed E-state index contributed by atoms with van der Waals surface area (Å²) in [7, 11) is 0. The first-order valence-electron chi connectivity index (χ1n) is 7.83. The summed E-state index contributed by atoms with van der Waals surface area (Å²) < 4.78 is 13.0. The molecule has 0 aliphatic carbocycles. The topological polar surface area (TPSA) is 28.2 Å². The van der Waals surface area contributed by atoms with Gasteiger partial charge in [-0.05, 0) is 50.9 Å². The van der Waals surface area contributed by atoms with Crippen LogP contribution in [-0.4, -0.2) is 35.6 Å². The van der Waals surface area contributed by atoms with Gasteiger partial charge < -0.3 is 5.32 Å². The Labute approximate surface area is 121 Å². The van der Waals surface area contributed by atoms with Crippen molar-refractivity contribution in [3.8, 4) is 0 Å². The Balaban J connectivity index is 2.08. The summed E-state index contributed by atoms with van der Waals surface area (Å²) in [6.07, 6.45) is 6.00. The second-order valence-electron chi connectivity index (χ2n) is 5.61. The van der Waals surface area contributed by atoms with Crippen LogP contribution >= 0.6 is 0 Å². The van der Waals surface area contributed by atoms with Gasteiger partial charge in [0.05, 0.1) is 17.9 Å². The van der Waals surface area contributed by atoms with E-state index in [2.05, 4.69) is 29.0 Å². The average Bonchev–Trinajstić information content (AvgIpc) is 2.95. The third-order valence-electron chi connectivity index (χ3n) is 4.05. The summed E-state index contributed by atoms with van der Waals surface area (Å²) in [4.78, 5) is 6.79. The van der Waals surface area contributed by atoms with Crippen LogP contribution in [0.1, 0.15) is 51.3 Å². The SMILES string of the molecule is CCCN(CC1CCCN1)C(CC)c1ccc(F)cn1. The normalized spacial score (nSPS) is 20.5. The molecule has 4 heteroatoms. The van der Waals surface area contributed by atoms with Gasteiger partial charge in [-0.1, -0.05) is 13.8 Å². The quantitative estimate of drug-likeness (QED) is 0.831. The number of hydrogen-bond donors (Lipinski definition) is 1. The number of halogens is 1. The smallest absolute Gasteiger partial charge is 0.141 e. The maximum Gasteiger partial charge on any atom is 0.141 e. The zero-order chi connectivity index (χ0) is 14.4. The van der Waals surface area contributed by atoms with Crippen LogP contribution in [-0.2, 0) is 0 Å². The lowest BCUT2D eigenvalue weighted by Gasteiger charge is -2.32. The summed E-state index contributed by atoms with van der Waals surface area (Å²) >= 11 is 0. The number of aromatic nitrogens is 1. The lowest BCUT2D eigenvalue weighted by molar-refractivity contribution is 0.172. The monoisotopic (exact) mass is 279 g/mol. The van der Waals surface area contributed by atoms with Crippen LogP contribution in [0.15, 0.2) is 18.3 Å². The molecule has 1 aromatic rings. The fourth-order valence-corrected chi connectivity index (χ4v) is 3.10. The molecule has 2 heterocycles. The fraction of sp³-hybridized carbons (Fsp3) is 0.688. The van der Waals surface area contributed by atoms with Crippen molar-refractivity contribution in [2.24, 2.45) is 0 Å². The number of nitrogens with one attached hydrogen (secondary N) is 1. The number of nitrogens with zero attached hydrogens (tertiary/aromatic N) is 2. The zero-order valence-electron chi connectivity index (χ0n) is 12.6. The Morgan fingerprint density at radius 1 is 1.45 bits per heavy atom. The van der Waals surface area contributed by atoms with E-state index >= 15 is 0 Å². The minimum atomic E-state index is -0.261. The molecule has 0 amide bonds. The summed E-state index contributed by atoms with van der Waals surface area (Å²) in [6, 6.07) is 4.23. The van der Waals surface area contributed by atoms with Crippen LogP contribution in [0.2, 0.25) is 0 Å². The molecule has 0 saturated carbocycles. The van der Waals surface area contributed by atoms with E-state index in [4.69, 9.17) is 0 Å². The highest BCUT2D eigenvalue weighted by molar-refractivity contribution is 5.10. The molecule has 1 fully saturated rings. The van der Waals surface area contributed by atoms with Crippen molar-refractivity contribution >= 4 is 0 Å². The Morgan fingerprint density at radius 2 is 2.30 bits per heavy atom.